The topological polar surface area (TPSA) is 52.6 Å². The van der Waals surface area contributed by atoms with Gasteiger partial charge in [-0.1, -0.05) is 0 Å². The summed E-state index contributed by atoms with van der Waals surface area (Å²) < 4.78 is 0. The molecule has 1 atom stereocenters. The molecule has 0 spiro atoms. The molecule has 0 saturated heterocycles. The number of rotatable bonds is 5. The van der Waals surface area contributed by atoms with Crippen LogP contribution in [-0.4, -0.2) is 42.2 Å². The minimum Gasteiger partial charge on any atom is -0.392 e. The standard InChI is InChI=1S/C14H22N2O2/c1-5-15-13-7-6-12(8-10(13)2)14(18)16(4)9-11(3)17/h6-8,11,15,17H,5,9H2,1-4H3. The van der Waals surface area contributed by atoms with E-state index in [1.807, 2.05) is 32.0 Å². The zero-order valence-corrected chi connectivity index (χ0v) is 11.5. The molecule has 0 aromatic heterocycles. The van der Waals surface area contributed by atoms with E-state index >= 15 is 0 Å². The molecule has 0 aliphatic carbocycles. The van der Waals surface area contributed by atoms with Crippen molar-refractivity contribution < 1.29 is 9.90 Å². The second-order valence-corrected chi connectivity index (χ2v) is 4.59. The molecule has 0 aliphatic rings. The summed E-state index contributed by atoms with van der Waals surface area (Å²) >= 11 is 0. The smallest absolute Gasteiger partial charge is 0.253 e. The molecule has 100 valence electrons. The first kappa shape index (κ1) is 14.5. The summed E-state index contributed by atoms with van der Waals surface area (Å²) in [6, 6.07) is 5.60. The van der Waals surface area contributed by atoms with E-state index in [1.54, 1.807) is 14.0 Å². The van der Waals surface area contributed by atoms with Crippen LogP contribution in [0, 0.1) is 6.92 Å². The van der Waals surface area contributed by atoms with Gasteiger partial charge in [0.15, 0.2) is 0 Å². The molecule has 0 bridgehead atoms. The van der Waals surface area contributed by atoms with E-state index in [-0.39, 0.29) is 5.91 Å². The average molecular weight is 250 g/mol. The lowest BCUT2D eigenvalue weighted by Crippen LogP contribution is -2.33. The van der Waals surface area contributed by atoms with Crippen molar-refractivity contribution in [3.8, 4) is 0 Å². The third kappa shape index (κ3) is 3.74. The van der Waals surface area contributed by atoms with Crippen molar-refractivity contribution in [1.29, 1.82) is 0 Å². The third-order valence-electron chi connectivity index (χ3n) is 2.73. The molecule has 1 aromatic rings. The highest BCUT2D eigenvalue weighted by atomic mass is 16.3. The molecule has 4 nitrogen and oxygen atoms in total. The summed E-state index contributed by atoms with van der Waals surface area (Å²) in [7, 11) is 1.70. The van der Waals surface area contributed by atoms with Gasteiger partial charge in [-0.15, -0.1) is 0 Å². The number of benzene rings is 1. The molecule has 0 heterocycles. The Balaban J connectivity index is 2.84. The number of carbonyl (C=O) groups is 1. The van der Waals surface area contributed by atoms with Gasteiger partial charge in [-0.05, 0) is 44.5 Å². The molecule has 18 heavy (non-hydrogen) atoms. The van der Waals surface area contributed by atoms with E-state index in [0.717, 1.165) is 17.8 Å². The number of hydrogen-bond donors (Lipinski definition) is 2. The lowest BCUT2D eigenvalue weighted by molar-refractivity contribution is 0.0703. The predicted octanol–water partition coefficient (Wildman–Crippen LogP) is 1.88. The Morgan fingerprint density at radius 2 is 2.17 bits per heavy atom. The summed E-state index contributed by atoms with van der Waals surface area (Å²) in [6.45, 7) is 6.88. The Morgan fingerprint density at radius 1 is 1.50 bits per heavy atom. The second kappa shape index (κ2) is 6.40. The Kier molecular flexibility index (Phi) is 5.16. The minimum absolute atomic E-state index is 0.0675. The molecule has 1 rings (SSSR count). The number of hydrogen-bond acceptors (Lipinski definition) is 3. The van der Waals surface area contributed by atoms with Crippen molar-refractivity contribution in [2.24, 2.45) is 0 Å². The van der Waals surface area contributed by atoms with Gasteiger partial charge in [-0.2, -0.15) is 0 Å². The Hall–Kier alpha value is -1.55. The maximum atomic E-state index is 12.1. The van der Waals surface area contributed by atoms with Gasteiger partial charge in [0, 0.05) is 31.4 Å². The normalized spacial score (nSPS) is 12.1. The SMILES string of the molecule is CCNc1ccc(C(=O)N(C)CC(C)O)cc1C. The summed E-state index contributed by atoms with van der Waals surface area (Å²) in [5.41, 5.74) is 2.75. The number of nitrogens with one attached hydrogen (secondary N) is 1. The van der Waals surface area contributed by atoms with Gasteiger partial charge < -0.3 is 15.3 Å². The van der Waals surface area contributed by atoms with Gasteiger partial charge in [0.2, 0.25) is 0 Å². The van der Waals surface area contributed by atoms with Gasteiger partial charge in [-0.3, -0.25) is 4.79 Å². The van der Waals surface area contributed by atoms with E-state index in [1.165, 1.54) is 4.90 Å². The van der Waals surface area contributed by atoms with Crippen LogP contribution in [0.25, 0.3) is 0 Å². The van der Waals surface area contributed by atoms with Crippen LogP contribution in [0.2, 0.25) is 0 Å². The monoisotopic (exact) mass is 250 g/mol. The molecule has 0 radical (unpaired) electrons. The largest absolute Gasteiger partial charge is 0.392 e. The number of anilines is 1. The quantitative estimate of drug-likeness (QED) is 0.839. The van der Waals surface area contributed by atoms with E-state index in [2.05, 4.69) is 5.32 Å². The molecule has 1 aromatic carbocycles. The Morgan fingerprint density at radius 3 is 2.67 bits per heavy atom. The Bertz CT molecular complexity index is 416. The fraction of sp³-hybridized carbons (Fsp3) is 0.500. The van der Waals surface area contributed by atoms with Gasteiger partial charge in [0.05, 0.1) is 6.10 Å². The van der Waals surface area contributed by atoms with E-state index < -0.39 is 6.10 Å². The van der Waals surface area contributed by atoms with Crippen molar-refractivity contribution in [2.45, 2.75) is 26.9 Å². The van der Waals surface area contributed by atoms with Crippen LogP contribution in [0.4, 0.5) is 5.69 Å². The minimum atomic E-state index is -0.513. The number of aliphatic hydroxyl groups is 1. The van der Waals surface area contributed by atoms with Crippen LogP contribution in [0.5, 0.6) is 0 Å². The first-order chi connectivity index (χ1) is 8.45. The van der Waals surface area contributed by atoms with Crippen LogP contribution >= 0.6 is 0 Å². The lowest BCUT2D eigenvalue weighted by Gasteiger charge is -2.19. The van der Waals surface area contributed by atoms with Gasteiger partial charge in [0.1, 0.15) is 0 Å². The van der Waals surface area contributed by atoms with Crippen molar-refractivity contribution in [1.82, 2.24) is 4.90 Å². The fourth-order valence-corrected chi connectivity index (χ4v) is 1.89. The average Bonchev–Trinajstić information content (AvgIpc) is 2.30. The van der Waals surface area contributed by atoms with Crippen molar-refractivity contribution in [2.75, 3.05) is 25.5 Å². The van der Waals surface area contributed by atoms with Crippen LogP contribution in [0.3, 0.4) is 0 Å². The predicted molar refractivity (Wildman–Crippen MR) is 74.0 cm³/mol. The van der Waals surface area contributed by atoms with Crippen LogP contribution < -0.4 is 5.32 Å². The maximum Gasteiger partial charge on any atom is 0.253 e. The number of aliphatic hydroxyl groups excluding tert-OH is 1. The summed E-state index contributed by atoms with van der Waals surface area (Å²) in [5.74, 6) is -0.0675. The van der Waals surface area contributed by atoms with Crippen LogP contribution in [0.15, 0.2) is 18.2 Å². The summed E-state index contributed by atoms with van der Waals surface area (Å²) in [6.07, 6.45) is -0.513. The van der Waals surface area contributed by atoms with Gasteiger partial charge in [-0.25, -0.2) is 0 Å². The van der Waals surface area contributed by atoms with Crippen molar-refractivity contribution in [3.05, 3.63) is 29.3 Å². The number of aryl methyl sites for hydroxylation is 1. The summed E-state index contributed by atoms with van der Waals surface area (Å²) in [4.78, 5) is 13.6. The zero-order chi connectivity index (χ0) is 13.7. The lowest BCUT2D eigenvalue weighted by atomic mass is 10.1. The maximum absolute atomic E-state index is 12.1. The summed E-state index contributed by atoms with van der Waals surface area (Å²) in [5, 5.41) is 12.5. The second-order valence-electron chi connectivity index (χ2n) is 4.59. The Labute approximate surface area is 109 Å². The van der Waals surface area contributed by atoms with Crippen molar-refractivity contribution in [3.63, 3.8) is 0 Å². The number of nitrogens with zero attached hydrogens (tertiary/aromatic N) is 1. The molecule has 0 aliphatic heterocycles. The highest BCUT2D eigenvalue weighted by Gasteiger charge is 2.14. The van der Waals surface area contributed by atoms with Gasteiger partial charge >= 0.3 is 0 Å². The molecule has 0 saturated carbocycles. The highest BCUT2D eigenvalue weighted by Crippen LogP contribution is 2.17. The number of carbonyl (C=O) groups excluding carboxylic acids is 1. The first-order valence-electron chi connectivity index (χ1n) is 6.23. The molecular formula is C14H22N2O2. The van der Waals surface area contributed by atoms with E-state index in [9.17, 15) is 9.90 Å². The third-order valence-corrected chi connectivity index (χ3v) is 2.73. The molecular weight excluding hydrogens is 228 g/mol. The zero-order valence-electron chi connectivity index (χ0n) is 11.5. The number of likely N-dealkylation sites (N-methyl/N-ethyl adjacent to an activating group) is 1. The molecule has 2 N–H and O–H groups in total. The molecule has 1 amide bonds. The highest BCUT2D eigenvalue weighted by molar-refractivity contribution is 5.94. The van der Waals surface area contributed by atoms with E-state index in [0.29, 0.717) is 12.1 Å². The fourth-order valence-electron chi connectivity index (χ4n) is 1.89. The van der Waals surface area contributed by atoms with Crippen LogP contribution in [0.1, 0.15) is 29.8 Å². The van der Waals surface area contributed by atoms with Gasteiger partial charge in [0.25, 0.3) is 5.91 Å². The first-order valence-corrected chi connectivity index (χ1v) is 6.23. The van der Waals surface area contributed by atoms with E-state index in [4.69, 9.17) is 0 Å². The van der Waals surface area contributed by atoms with Crippen molar-refractivity contribution >= 4 is 11.6 Å². The number of amides is 1. The molecule has 0 fully saturated rings. The molecule has 1 unspecified atom stereocenters. The van der Waals surface area contributed by atoms with Crippen LogP contribution in [-0.2, 0) is 0 Å². The molecule has 4 heteroatoms.